The van der Waals surface area contributed by atoms with E-state index in [0.29, 0.717) is 10.6 Å². The van der Waals surface area contributed by atoms with E-state index in [-0.39, 0.29) is 11.9 Å². The summed E-state index contributed by atoms with van der Waals surface area (Å²) in [5.74, 6) is 0.00709. The van der Waals surface area contributed by atoms with E-state index in [9.17, 15) is 4.79 Å². The van der Waals surface area contributed by atoms with Gasteiger partial charge in [0, 0.05) is 11.0 Å². The third-order valence-corrected chi connectivity index (χ3v) is 5.18. The highest BCUT2D eigenvalue weighted by Crippen LogP contribution is 2.35. The van der Waals surface area contributed by atoms with E-state index in [1.54, 1.807) is 6.07 Å². The van der Waals surface area contributed by atoms with E-state index in [1.165, 1.54) is 5.56 Å². The quantitative estimate of drug-likeness (QED) is 0.727. The Bertz CT molecular complexity index is 659. The second kappa shape index (κ2) is 6.20. The molecule has 0 bridgehead atoms. The summed E-state index contributed by atoms with van der Waals surface area (Å²) in [5.41, 5.74) is 1.75. The number of likely N-dealkylation sites (tertiary alicyclic amines) is 1. The summed E-state index contributed by atoms with van der Waals surface area (Å²) in [6.45, 7) is 0.779. The molecule has 1 amide bonds. The predicted octanol–water partition coefficient (Wildman–Crippen LogP) is 5.08. The van der Waals surface area contributed by atoms with Gasteiger partial charge in [-0.2, -0.15) is 0 Å². The van der Waals surface area contributed by atoms with Crippen LogP contribution in [0.1, 0.15) is 34.8 Å². The van der Waals surface area contributed by atoms with Gasteiger partial charge in [-0.1, -0.05) is 48.0 Å². The average Bonchev–Trinajstić information content (AvgIpc) is 3.00. The molecule has 1 aliphatic heterocycles. The molecule has 1 unspecified atom stereocenters. The normalized spacial score (nSPS) is 18.0. The third-order valence-electron chi connectivity index (χ3n) is 3.88. The highest BCUT2D eigenvalue weighted by Gasteiger charge is 2.31. The molecular weight excluding hydrogens is 350 g/mol. The smallest absolute Gasteiger partial charge is 0.255 e. The molecule has 21 heavy (non-hydrogen) atoms. The lowest BCUT2D eigenvalue weighted by Crippen LogP contribution is -2.30. The molecule has 108 valence electrons. The Morgan fingerprint density at radius 3 is 2.67 bits per heavy atom. The summed E-state index contributed by atoms with van der Waals surface area (Å²) in [5, 5.41) is 0.487. The zero-order chi connectivity index (χ0) is 14.8. The Labute approximate surface area is 137 Å². The Morgan fingerprint density at radius 1 is 1.14 bits per heavy atom. The number of hydrogen-bond donors (Lipinski definition) is 0. The number of rotatable bonds is 2. The van der Waals surface area contributed by atoms with Crippen LogP contribution in [0, 0.1) is 0 Å². The molecule has 0 spiro atoms. The van der Waals surface area contributed by atoms with Gasteiger partial charge in [-0.15, -0.1) is 0 Å². The lowest BCUT2D eigenvalue weighted by atomic mass is 10.0. The summed E-state index contributed by atoms with van der Waals surface area (Å²) >= 11 is 9.65. The number of benzene rings is 2. The standard InChI is InChI=1S/C17H15BrClNO/c18-14-9-4-8-13(16(14)19)17(21)20-11-5-10-15(20)12-6-2-1-3-7-12/h1-4,6-9,15H,5,10-11H2. The van der Waals surface area contributed by atoms with E-state index in [0.717, 1.165) is 23.9 Å². The van der Waals surface area contributed by atoms with Crippen molar-refractivity contribution in [2.45, 2.75) is 18.9 Å². The number of amides is 1. The molecule has 1 saturated heterocycles. The Hall–Kier alpha value is -1.32. The van der Waals surface area contributed by atoms with Gasteiger partial charge in [0.05, 0.1) is 16.6 Å². The predicted molar refractivity (Wildman–Crippen MR) is 88.6 cm³/mol. The molecule has 0 saturated carbocycles. The van der Waals surface area contributed by atoms with Gasteiger partial charge in [-0.05, 0) is 46.5 Å². The van der Waals surface area contributed by atoms with Gasteiger partial charge in [0.15, 0.2) is 0 Å². The van der Waals surface area contributed by atoms with Crippen molar-refractivity contribution in [2.24, 2.45) is 0 Å². The fraction of sp³-hybridized carbons (Fsp3) is 0.235. The highest BCUT2D eigenvalue weighted by atomic mass is 79.9. The minimum atomic E-state index is 0.00709. The molecule has 0 N–H and O–H groups in total. The molecule has 0 radical (unpaired) electrons. The molecule has 2 nitrogen and oxygen atoms in total. The minimum Gasteiger partial charge on any atom is -0.332 e. The second-order valence-corrected chi connectivity index (χ2v) is 6.40. The summed E-state index contributed by atoms with van der Waals surface area (Å²) in [6.07, 6.45) is 2.03. The van der Waals surface area contributed by atoms with Crippen molar-refractivity contribution in [3.05, 3.63) is 69.2 Å². The van der Waals surface area contributed by atoms with Crippen molar-refractivity contribution >= 4 is 33.4 Å². The fourth-order valence-electron chi connectivity index (χ4n) is 2.86. The topological polar surface area (TPSA) is 20.3 Å². The van der Waals surface area contributed by atoms with Crippen LogP contribution < -0.4 is 0 Å². The number of carbonyl (C=O) groups excluding carboxylic acids is 1. The maximum Gasteiger partial charge on any atom is 0.255 e. The van der Waals surface area contributed by atoms with E-state index in [4.69, 9.17) is 11.6 Å². The van der Waals surface area contributed by atoms with Crippen LogP contribution in [-0.4, -0.2) is 17.4 Å². The van der Waals surface area contributed by atoms with Crippen LogP contribution in [0.25, 0.3) is 0 Å². The lowest BCUT2D eigenvalue weighted by Gasteiger charge is -2.25. The molecule has 1 aliphatic rings. The number of carbonyl (C=O) groups is 1. The minimum absolute atomic E-state index is 0.00709. The summed E-state index contributed by atoms with van der Waals surface area (Å²) < 4.78 is 0.755. The number of halogens is 2. The number of hydrogen-bond acceptors (Lipinski definition) is 1. The summed E-state index contributed by atoms with van der Waals surface area (Å²) in [6, 6.07) is 15.8. The molecule has 1 atom stereocenters. The van der Waals surface area contributed by atoms with E-state index in [2.05, 4.69) is 28.1 Å². The molecule has 2 aromatic carbocycles. The first kappa shape index (κ1) is 14.6. The summed E-state index contributed by atoms with van der Waals surface area (Å²) in [4.78, 5) is 14.8. The first-order valence-electron chi connectivity index (χ1n) is 6.98. The molecule has 1 heterocycles. The van der Waals surface area contributed by atoms with Crippen LogP contribution in [0.4, 0.5) is 0 Å². The van der Waals surface area contributed by atoms with E-state index < -0.39 is 0 Å². The zero-order valence-electron chi connectivity index (χ0n) is 11.4. The van der Waals surface area contributed by atoms with Crippen LogP contribution in [-0.2, 0) is 0 Å². The first-order chi connectivity index (χ1) is 10.2. The van der Waals surface area contributed by atoms with Crippen LogP contribution in [0.2, 0.25) is 5.02 Å². The number of nitrogens with zero attached hydrogens (tertiary/aromatic N) is 1. The maximum atomic E-state index is 12.8. The van der Waals surface area contributed by atoms with Gasteiger partial charge in [-0.25, -0.2) is 0 Å². The first-order valence-corrected chi connectivity index (χ1v) is 8.15. The van der Waals surface area contributed by atoms with Gasteiger partial charge < -0.3 is 4.90 Å². The van der Waals surface area contributed by atoms with Crippen LogP contribution in [0.15, 0.2) is 53.0 Å². The van der Waals surface area contributed by atoms with Crippen molar-refractivity contribution in [3.8, 4) is 0 Å². The van der Waals surface area contributed by atoms with E-state index in [1.807, 2.05) is 35.2 Å². The van der Waals surface area contributed by atoms with Gasteiger partial charge in [0.25, 0.3) is 5.91 Å². The SMILES string of the molecule is O=C(c1cccc(Br)c1Cl)N1CCCC1c1ccccc1. The van der Waals surface area contributed by atoms with Crippen molar-refractivity contribution < 1.29 is 4.79 Å². The molecule has 2 aromatic rings. The summed E-state index contributed by atoms with van der Waals surface area (Å²) in [7, 11) is 0. The van der Waals surface area contributed by atoms with Crippen LogP contribution in [0.3, 0.4) is 0 Å². The van der Waals surface area contributed by atoms with Gasteiger partial charge >= 0.3 is 0 Å². The Balaban J connectivity index is 1.92. The van der Waals surface area contributed by atoms with Crippen LogP contribution >= 0.6 is 27.5 Å². The van der Waals surface area contributed by atoms with Gasteiger partial charge in [0.2, 0.25) is 0 Å². The van der Waals surface area contributed by atoms with Crippen molar-refractivity contribution in [1.29, 1.82) is 0 Å². The lowest BCUT2D eigenvalue weighted by molar-refractivity contribution is 0.0736. The molecular formula is C17H15BrClNO. The molecule has 4 heteroatoms. The Kier molecular flexibility index (Phi) is 4.32. The Morgan fingerprint density at radius 2 is 1.90 bits per heavy atom. The van der Waals surface area contributed by atoms with Crippen molar-refractivity contribution in [2.75, 3.05) is 6.54 Å². The molecule has 1 fully saturated rings. The second-order valence-electron chi connectivity index (χ2n) is 5.17. The third kappa shape index (κ3) is 2.85. The maximum absolute atomic E-state index is 12.8. The highest BCUT2D eigenvalue weighted by molar-refractivity contribution is 9.10. The fourth-order valence-corrected chi connectivity index (χ4v) is 3.43. The van der Waals surface area contributed by atoms with Crippen molar-refractivity contribution in [3.63, 3.8) is 0 Å². The van der Waals surface area contributed by atoms with Crippen LogP contribution in [0.5, 0.6) is 0 Å². The molecule has 3 rings (SSSR count). The van der Waals surface area contributed by atoms with E-state index >= 15 is 0 Å². The van der Waals surface area contributed by atoms with Gasteiger partial charge in [0.1, 0.15) is 0 Å². The van der Waals surface area contributed by atoms with Crippen molar-refractivity contribution in [1.82, 2.24) is 4.90 Å². The average molecular weight is 365 g/mol. The van der Waals surface area contributed by atoms with Gasteiger partial charge in [-0.3, -0.25) is 4.79 Å². The molecule has 0 aromatic heterocycles. The molecule has 0 aliphatic carbocycles. The largest absolute Gasteiger partial charge is 0.332 e. The zero-order valence-corrected chi connectivity index (χ0v) is 13.8. The monoisotopic (exact) mass is 363 g/mol.